The molecule has 1 saturated carbocycles. The number of pyridine rings is 1. The minimum atomic E-state index is 0.0133. The van der Waals surface area contributed by atoms with Gasteiger partial charge in [0.1, 0.15) is 6.10 Å². The maximum atomic E-state index is 13.0. The van der Waals surface area contributed by atoms with Crippen molar-refractivity contribution in [2.24, 2.45) is 0 Å². The predicted octanol–water partition coefficient (Wildman–Crippen LogP) is 3.45. The van der Waals surface area contributed by atoms with Gasteiger partial charge in [-0.25, -0.2) is 4.98 Å². The van der Waals surface area contributed by atoms with Gasteiger partial charge in [-0.2, -0.15) is 0 Å². The van der Waals surface area contributed by atoms with Crippen LogP contribution in [0.2, 0.25) is 5.02 Å². The smallest absolute Gasteiger partial charge is 0.254 e. The highest BCUT2D eigenvalue weighted by molar-refractivity contribution is 6.30. The summed E-state index contributed by atoms with van der Waals surface area (Å²) in [5, 5.41) is 4.17. The summed E-state index contributed by atoms with van der Waals surface area (Å²) >= 11 is 6.11. The monoisotopic (exact) mass is 371 g/mol. The molecule has 2 heterocycles. The van der Waals surface area contributed by atoms with Crippen LogP contribution >= 0.6 is 11.6 Å². The lowest BCUT2D eigenvalue weighted by Gasteiger charge is -2.34. The Morgan fingerprint density at radius 2 is 2.15 bits per heavy atom. The number of nitrogens with one attached hydrogen (secondary N) is 1. The minimum Gasteiger partial charge on any atom is -0.474 e. The van der Waals surface area contributed by atoms with Gasteiger partial charge in [-0.05, 0) is 43.0 Å². The molecule has 0 radical (unpaired) electrons. The van der Waals surface area contributed by atoms with E-state index in [-0.39, 0.29) is 18.1 Å². The highest BCUT2D eigenvalue weighted by Gasteiger charge is 2.26. The Balaban J connectivity index is 1.46. The Morgan fingerprint density at radius 1 is 1.27 bits per heavy atom. The van der Waals surface area contributed by atoms with Crippen LogP contribution in [0.15, 0.2) is 42.6 Å². The minimum absolute atomic E-state index is 0.0133. The lowest BCUT2D eigenvalue weighted by molar-refractivity contribution is 0.0700. The number of carbonyl (C=O) groups excluding carboxylic acids is 1. The summed E-state index contributed by atoms with van der Waals surface area (Å²) in [5.41, 5.74) is 1.72. The van der Waals surface area contributed by atoms with Gasteiger partial charge in [-0.15, -0.1) is 0 Å². The molecule has 0 spiro atoms. The van der Waals surface area contributed by atoms with Crippen LogP contribution in [-0.4, -0.2) is 41.5 Å². The Morgan fingerprint density at radius 3 is 2.92 bits per heavy atom. The lowest BCUT2D eigenvalue weighted by Crippen LogP contribution is -2.48. The molecular formula is C20H22ClN3O2. The summed E-state index contributed by atoms with van der Waals surface area (Å²) in [6.45, 7) is 2.04. The highest BCUT2D eigenvalue weighted by atomic mass is 35.5. The summed E-state index contributed by atoms with van der Waals surface area (Å²) in [6.07, 6.45) is 5.24. The molecule has 2 aliphatic rings. The molecule has 2 aromatic rings. The second-order valence-corrected chi connectivity index (χ2v) is 7.30. The molecule has 2 fully saturated rings. The average Bonchev–Trinajstić information content (AvgIpc) is 2.64. The first-order chi connectivity index (χ1) is 12.7. The van der Waals surface area contributed by atoms with E-state index < -0.39 is 0 Å². The van der Waals surface area contributed by atoms with Gasteiger partial charge < -0.3 is 15.0 Å². The van der Waals surface area contributed by atoms with Gasteiger partial charge in [0.05, 0.1) is 6.04 Å². The Labute approximate surface area is 158 Å². The van der Waals surface area contributed by atoms with Crippen molar-refractivity contribution in [2.45, 2.75) is 31.4 Å². The van der Waals surface area contributed by atoms with Crippen LogP contribution in [0.3, 0.4) is 0 Å². The van der Waals surface area contributed by atoms with Gasteiger partial charge >= 0.3 is 0 Å². The van der Waals surface area contributed by atoms with E-state index in [1.165, 1.54) is 6.42 Å². The van der Waals surface area contributed by atoms with Crippen molar-refractivity contribution in [1.29, 1.82) is 0 Å². The first-order valence-corrected chi connectivity index (χ1v) is 9.48. The summed E-state index contributed by atoms with van der Waals surface area (Å²) in [4.78, 5) is 19.1. The number of rotatable bonds is 4. The number of halogens is 1. The van der Waals surface area contributed by atoms with Crippen LogP contribution in [0.4, 0.5) is 0 Å². The molecular weight excluding hydrogens is 350 g/mol. The fourth-order valence-electron chi connectivity index (χ4n) is 3.33. The first kappa shape index (κ1) is 17.3. The van der Waals surface area contributed by atoms with E-state index in [4.69, 9.17) is 16.3 Å². The molecule has 4 rings (SSSR count). The number of benzene rings is 1. The molecule has 1 aromatic carbocycles. The number of hydrogen-bond acceptors (Lipinski definition) is 4. The number of amides is 1. The highest BCUT2D eigenvalue weighted by Crippen LogP contribution is 2.25. The van der Waals surface area contributed by atoms with E-state index in [1.54, 1.807) is 18.3 Å². The standard InChI is InChI=1S/C20H22ClN3O2/c21-16-4-1-3-14(11-16)18-13-24(10-9-22-18)20(25)15-7-8-23-19(12-15)26-17-5-2-6-17/h1,3-4,7-8,11-12,17-18,22H,2,5-6,9-10,13H2. The molecule has 1 N–H and O–H groups in total. The van der Waals surface area contributed by atoms with Gasteiger partial charge in [0.25, 0.3) is 5.91 Å². The third kappa shape index (κ3) is 3.84. The van der Waals surface area contributed by atoms with Gasteiger partial charge in [0.15, 0.2) is 0 Å². The molecule has 1 unspecified atom stereocenters. The second kappa shape index (κ2) is 7.64. The molecule has 1 atom stereocenters. The number of piperazine rings is 1. The van der Waals surface area contributed by atoms with Crippen LogP contribution in [0.25, 0.3) is 0 Å². The second-order valence-electron chi connectivity index (χ2n) is 6.87. The van der Waals surface area contributed by atoms with E-state index in [9.17, 15) is 4.79 Å². The van der Waals surface area contributed by atoms with Crippen molar-refractivity contribution in [1.82, 2.24) is 15.2 Å². The third-order valence-electron chi connectivity index (χ3n) is 5.04. The van der Waals surface area contributed by atoms with Gasteiger partial charge in [0, 0.05) is 42.5 Å². The number of hydrogen-bond donors (Lipinski definition) is 1. The zero-order valence-electron chi connectivity index (χ0n) is 14.5. The number of aromatic nitrogens is 1. The maximum Gasteiger partial charge on any atom is 0.254 e. The maximum absolute atomic E-state index is 13.0. The summed E-state index contributed by atoms with van der Waals surface area (Å²) in [7, 11) is 0. The average molecular weight is 372 g/mol. The largest absolute Gasteiger partial charge is 0.474 e. The fraction of sp³-hybridized carbons (Fsp3) is 0.400. The van der Waals surface area contributed by atoms with Crippen molar-refractivity contribution < 1.29 is 9.53 Å². The van der Waals surface area contributed by atoms with Crippen molar-refractivity contribution >= 4 is 17.5 Å². The topological polar surface area (TPSA) is 54.5 Å². The molecule has 1 aliphatic heterocycles. The normalized spacial score (nSPS) is 20.5. The van der Waals surface area contributed by atoms with Crippen LogP contribution in [0.5, 0.6) is 5.88 Å². The van der Waals surface area contributed by atoms with E-state index >= 15 is 0 Å². The molecule has 6 heteroatoms. The van der Waals surface area contributed by atoms with E-state index in [0.717, 1.165) is 24.9 Å². The van der Waals surface area contributed by atoms with Crippen LogP contribution in [0.1, 0.15) is 41.2 Å². The molecule has 1 aliphatic carbocycles. The fourth-order valence-corrected chi connectivity index (χ4v) is 3.53. The Kier molecular flexibility index (Phi) is 5.09. The van der Waals surface area contributed by atoms with Crippen molar-refractivity contribution in [3.05, 3.63) is 58.7 Å². The van der Waals surface area contributed by atoms with Crippen molar-refractivity contribution in [3.8, 4) is 5.88 Å². The lowest BCUT2D eigenvalue weighted by atomic mass is 9.96. The summed E-state index contributed by atoms with van der Waals surface area (Å²) < 4.78 is 5.82. The number of carbonyl (C=O) groups is 1. The summed E-state index contributed by atoms with van der Waals surface area (Å²) in [5.74, 6) is 0.557. The molecule has 5 nitrogen and oxygen atoms in total. The van der Waals surface area contributed by atoms with Gasteiger partial charge in [-0.3, -0.25) is 4.79 Å². The van der Waals surface area contributed by atoms with Crippen molar-refractivity contribution in [2.75, 3.05) is 19.6 Å². The first-order valence-electron chi connectivity index (χ1n) is 9.10. The third-order valence-corrected chi connectivity index (χ3v) is 5.27. The Bertz CT molecular complexity index is 794. The van der Waals surface area contributed by atoms with Crippen LogP contribution in [-0.2, 0) is 0 Å². The van der Waals surface area contributed by atoms with Crippen LogP contribution in [0, 0.1) is 0 Å². The van der Waals surface area contributed by atoms with Gasteiger partial charge in [-0.1, -0.05) is 23.7 Å². The molecule has 1 amide bonds. The molecule has 1 saturated heterocycles. The SMILES string of the molecule is O=C(c1ccnc(OC2CCC2)c1)N1CCNC(c2cccc(Cl)c2)C1. The quantitative estimate of drug-likeness (QED) is 0.894. The van der Waals surface area contributed by atoms with Crippen molar-refractivity contribution in [3.63, 3.8) is 0 Å². The molecule has 1 aromatic heterocycles. The zero-order chi connectivity index (χ0) is 17.9. The van der Waals surface area contributed by atoms with E-state index in [1.807, 2.05) is 29.2 Å². The molecule has 0 bridgehead atoms. The molecule has 26 heavy (non-hydrogen) atoms. The van der Waals surface area contributed by atoms with E-state index in [0.29, 0.717) is 29.6 Å². The van der Waals surface area contributed by atoms with Gasteiger partial charge in [0.2, 0.25) is 5.88 Å². The number of nitrogens with zero attached hydrogens (tertiary/aromatic N) is 2. The van der Waals surface area contributed by atoms with E-state index in [2.05, 4.69) is 10.3 Å². The zero-order valence-corrected chi connectivity index (χ0v) is 15.3. The summed E-state index contributed by atoms with van der Waals surface area (Å²) in [6, 6.07) is 11.4. The molecule has 136 valence electrons. The number of ether oxygens (including phenoxy) is 1. The Hall–Kier alpha value is -2.11. The predicted molar refractivity (Wildman–Crippen MR) is 101 cm³/mol. The van der Waals surface area contributed by atoms with Crippen LogP contribution < -0.4 is 10.1 Å².